The van der Waals surface area contributed by atoms with E-state index in [1.807, 2.05) is 20.8 Å². The number of carbonyl (C=O) groups excluding carboxylic acids is 2. The number of amides is 1. The largest absolute Gasteiger partial charge is 0.444 e. The molecule has 0 bridgehead atoms. The second kappa shape index (κ2) is 7.44. The first-order valence-corrected chi connectivity index (χ1v) is 8.47. The smallest absolute Gasteiger partial charge is 0.410 e. The lowest BCUT2D eigenvalue weighted by atomic mass is 9.84. The van der Waals surface area contributed by atoms with E-state index < -0.39 is 5.60 Å². The van der Waals surface area contributed by atoms with Crippen molar-refractivity contribution in [2.75, 3.05) is 19.8 Å². The van der Waals surface area contributed by atoms with Crippen LogP contribution in [0.3, 0.4) is 0 Å². The first-order chi connectivity index (χ1) is 10.4. The molecule has 0 spiro atoms. The molecule has 0 N–H and O–H groups in total. The Hall–Kier alpha value is -1.10. The molecule has 2 fully saturated rings. The first-order valence-electron chi connectivity index (χ1n) is 8.47. The number of hydrogen-bond donors (Lipinski definition) is 0. The van der Waals surface area contributed by atoms with Gasteiger partial charge in [0.2, 0.25) is 0 Å². The van der Waals surface area contributed by atoms with Crippen molar-refractivity contribution in [3.05, 3.63) is 0 Å². The molecule has 1 unspecified atom stereocenters. The van der Waals surface area contributed by atoms with Gasteiger partial charge in [0, 0.05) is 18.9 Å². The van der Waals surface area contributed by atoms with Crippen LogP contribution in [-0.2, 0) is 14.3 Å². The van der Waals surface area contributed by atoms with Crippen molar-refractivity contribution in [2.24, 2.45) is 5.92 Å². The summed E-state index contributed by atoms with van der Waals surface area (Å²) < 4.78 is 10.9. The van der Waals surface area contributed by atoms with Crippen molar-refractivity contribution in [1.82, 2.24) is 4.90 Å². The number of nitrogens with zero attached hydrogens (tertiary/aromatic N) is 1. The van der Waals surface area contributed by atoms with Gasteiger partial charge in [0.15, 0.2) is 0 Å². The summed E-state index contributed by atoms with van der Waals surface area (Å²) in [7, 11) is 0. The predicted molar refractivity (Wildman–Crippen MR) is 83.7 cm³/mol. The molecule has 2 aliphatic rings. The summed E-state index contributed by atoms with van der Waals surface area (Å²) in [5.74, 6) is 0.458. The fourth-order valence-electron chi connectivity index (χ4n) is 3.21. The van der Waals surface area contributed by atoms with Crippen LogP contribution in [0.4, 0.5) is 4.79 Å². The van der Waals surface area contributed by atoms with E-state index in [-0.39, 0.29) is 23.8 Å². The number of rotatable bonds is 3. The first kappa shape index (κ1) is 17.3. The van der Waals surface area contributed by atoms with Crippen LogP contribution < -0.4 is 0 Å². The summed E-state index contributed by atoms with van der Waals surface area (Å²) >= 11 is 0. The van der Waals surface area contributed by atoms with Crippen LogP contribution in [0.5, 0.6) is 0 Å². The molecule has 1 saturated heterocycles. The van der Waals surface area contributed by atoms with Gasteiger partial charge in [-0.3, -0.25) is 4.79 Å². The van der Waals surface area contributed by atoms with Gasteiger partial charge in [-0.2, -0.15) is 0 Å². The van der Waals surface area contributed by atoms with Gasteiger partial charge in [-0.05, 0) is 33.6 Å². The quantitative estimate of drug-likeness (QED) is 0.803. The third kappa shape index (κ3) is 4.97. The molecule has 0 aromatic heterocycles. The van der Waals surface area contributed by atoms with Crippen molar-refractivity contribution < 1.29 is 19.1 Å². The Morgan fingerprint density at radius 2 is 1.86 bits per heavy atom. The maximum atomic E-state index is 12.5. The third-order valence-corrected chi connectivity index (χ3v) is 4.35. The van der Waals surface area contributed by atoms with E-state index in [1.165, 1.54) is 6.42 Å². The van der Waals surface area contributed by atoms with Crippen LogP contribution in [0, 0.1) is 5.92 Å². The van der Waals surface area contributed by atoms with Gasteiger partial charge in [0.1, 0.15) is 11.4 Å². The highest BCUT2D eigenvalue weighted by atomic mass is 16.6. The topological polar surface area (TPSA) is 55.8 Å². The molecule has 5 heteroatoms. The normalized spacial score (nSPS) is 24.1. The van der Waals surface area contributed by atoms with E-state index in [0.717, 1.165) is 25.7 Å². The minimum Gasteiger partial charge on any atom is -0.444 e. The number of ketones is 1. The lowest BCUT2D eigenvalue weighted by Gasteiger charge is -2.37. The Balaban J connectivity index is 1.94. The SMILES string of the molecule is CC(C)(C)OC(=O)N1CCOCC1CC(=O)C1CCCCC1. The molecule has 1 atom stereocenters. The monoisotopic (exact) mass is 311 g/mol. The third-order valence-electron chi connectivity index (χ3n) is 4.35. The fraction of sp³-hybridized carbons (Fsp3) is 0.882. The molecule has 22 heavy (non-hydrogen) atoms. The Morgan fingerprint density at radius 3 is 2.50 bits per heavy atom. The number of hydrogen-bond acceptors (Lipinski definition) is 4. The minimum absolute atomic E-state index is 0.177. The van der Waals surface area contributed by atoms with E-state index in [1.54, 1.807) is 4.90 Å². The van der Waals surface area contributed by atoms with Crippen LogP contribution in [0.15, 0.2) is 0 Å². The molecule has 1 amide bonds. The van der Waals surface area contributed by atoms with Crippen molar-refractivity contribution in [3.63, 3.8) is 0 Å². The molecular formula is C17H29NO4. The number of carbonyl (C=O) groups is 2. The molecule has 0 aromatic rings. The zero-order valence-electron chi connectivity index (χ0n) is 14.1. The van der Waals surface area contributed by atoms with Crippen LogP contribution in [0.1, 0.15) is 59.3 Å². The zero-order valence-corrected chi connectivity index (χ0v) is 14.1. The molecule has 126 valence electrons. The predicted octanol–water partition coefficient (Wildman–Crippen LogP) is 3.16. The second-order valence-electron chi connectivity index (χ2n) is 7.41. The standard InChI is InChI=1S/C17H29NO4/c1-17(2,3)22-16(20)18-9-10-21-12-14(18)11-15(19)13-7-5-4-6-8-13/h13-14H,4-12H2,1-3H3. The summed E-state index contributed by atoms with van der Waals surface area (Å²) in [5.41, 5.74) is -0.521. The molecule has 2 rings (SSSR count). The number of morpholine rings is 1. The maximum absolute atomic E-state index is 12.5. The number of Topliss-reactive ketones (excluding diaryl/α,β-unsaturated/α-hetero) is 1. The van der Waals surface area contributed by atoms with Crippen LogP contribution in [0.25, 0.3) is 0 Å². The summed E-state index contributed by atoms with van der Waals surface area (Å²) in [6.07, 6.45) is 5.58. The Labute approximate surface area is 133 Å². The average molecular weight is 311 g/mol. The summed E-state index contributed by atoms with van der Waals surface area (Å²) in [4.78, 5) is 26.5. The second-order valence-corrected chi connectivity index (χ2v) is 7.41. The maximum Gasteiger partial charge on any atom is 0.410 e. The highest BCUT2D eigenvalue weighted by molar-refractivity contribution is 5.82. The Morgan fingerprint density at radius 1 is 1.18 bits per heavy atom. The van der Waals surface area contributed by atoms with Crippen molar-refractivity contribution in [1.29, 1.82) is 0 Å². The minimum atomic E-state index is -0.521. The Kier molecular flexibility index (Phi) is 5.84. The zero-order chi connectivity index (χ0) is 16.2. The summed E-state index contributed by atoms with van der Waals surface area (Å²) in [6.45, 7) is 7.00. The van der Waals surface area contributed by atoms with Crippen LogP contribution in [0.2, 0.25) is 0 Å². The Bertz CT molecular complexity index is 396. The fourth-order valence-corrected chi connectivity index (χ4v) is 3.21. The average Bonchev–Trinajstić information content (AvgIpc) is 2.47. The van der Waals surface area contributed by atoms with E-state index in [0.29, 0.717) is 26.2 Å². The van der Waals surface area contributed by atoms with Crippen molar-refractivity contribution in [3.8, 4) is 0 Å². The molecule has 0 aromatic carbocycles. The lowest BCUT2D eigenvalue weighted by Crippen LogP contribution is -2.51. The summed E-state index contributed by atoms with van der Waals surface area (Å²) in [5, 5.41) is 0. The lowest BCUT2D eigenvalue weighted by molar-refractivity contribution is -0.126. The number of ether oxygens (including phenoxy) is 2. The van der Waals surface area contributed by atoms with Crippen molar-refractivity contribution >= 4 is 11.9 Å². The molecule has 1 saturated carbocycles. The van der Waals surface area contributed by atoms with E-state index in [2.05, 4.69) is 0 Å². The van der Waals surface area contributed by atoms with Crippen LogP contribution >= 0.6 is 0 Å². The van der Waals surface area contributed by atoms with Gasteiger partial charge < -0.3 is 14.4 Å². The molecular weight excluding hydrogens is 282 g/mol. The van der Waals surface area contributed by atoms with Gasteiger partial charge in [0.25, 0.3) is 0 Å². The summed E-state index contributed by atoms with van der Waals surface area (Å²) in [6, 6.07) is -0.182. The van der Waals surface area contributed by atoms with E-state index in [9.17, 15) is 9.59 Å². The van der Waals surface area contributed by atoms with Crippen LogP contribution in [-0.4, -0.2) is 48.2 Å². The highest BCUT2D eigenvalue weighted by Crippen LogP contribution is 2.27. The van der Waals surface area contributed by atoms with Gasteiger partial charge in [-0.25, -0.2) is 4.79 Å². The van der Waals surface area contributed by atoms with Gasteiger partial charge in [-0.15, -0.1) is 0 Å². The van der Waals surface area contributed by atoms with Gasteiger partial charge >= 0.3 is 6.09 Å². The van der Waals surface area contributed by atoms with E-state index >= 15 is 0 Å². The molecule has 1 aliphatic heterocycles. The van der Waals surface area contributed by atoms with E-state index in [4.69, 9.17) is 9.47 Å². The van der Waals surface area contributed by atoms with Crippen molar-refractivity contribution in [2.45, 2.75) is 70.9 Å². The van der Waals surface area contributed by atoms with Gasteiger partial charge in [0.05, 0.1) is 19.3 Å². The molecule has 0 radical (unpaired) electrons. The molecule has 1 aliphatic carbocycles. The molecule has 5 nitrogen and oxygen atoms in total. The highest BCUT2D eigenvalue weighted by Gasteiger charge is 2.34. The molecule has 1 heterocycles. The van der Waals surface area contributed by atoms with Gasteiger partial charge in [-0.1, -0.05) is 19.3 Å².